The minimum atomic E-state index is -1.90. The van der Waals surface area contributed by atoms with Gasteiger partial charge in [0.15, 0.2) is 11.3 Å². The molecule has 10 N–H and O–H groups in total. The molecule has 10 unspecified atom stereocenters. The third kappa shape index (κ3) is 15.8. The van der Waals surface area contributed by atoms with Crippen molar-refractivity contribution in [1.82, 2.24) is 55.7 Å². The highest BCUT2D eigenvalue weighted by atomic mass is 16.6. The minimum Gasteiger partial charge on any atom is -0.493 e. The highest BCUT2D eigenvalue weighted by Gasteiger charge is 2.47. The quantitative estimate of drug-likeness (QED) is 0.0948. The zero-order valence-electron chi connectivity index (χ0n) is 57.9. The molecule has 31 nitrogen and oxygen atoms in total. The van der Waals surface area contributed by atoms with Crippen LogP contribution in [-0.2, 0) is 57.4 Å². The summed E-state index contributed by atoms with van der Waals surface area (Å²) in [6.45, 7) is 20.2. The predicted molar refractivity (Wildman–Crippen MR) is 348 cm³/mol. The predicted octanol–water partition coefficient (Wildman–Crippen LogP) is -0.135. The standard InChI is InChI=1S/C65H92N12O17.2H2O/c1-18-25-91-40-26-37(56(81)70-47-35(12)92-64(89)51(31(6)7)74(16)41(78)27-72(14)60(85)38-21-19-23-76(38)62(87)45(29(2)3)68-58(47)83)49-54(33(40)10)94-55-34(11)53(80)44(66)43(50(55)67-49)57(82)71-48-36(13)93-65(90)52(32(8)9)75(17)42(79)28-73(15)61(86)39-22-20-24-77(39)63(88)46(30(4)5)69-59(48)84;;/h26,29-32,35-36,38-39,45-48,51-52H,18-25,27-28,66H2,1-17H3,(H,68,83)(H,69,84)(H,70,81)(H,71,82);2*1H2. The number of nitrogens with zero attached hydrogens (tertiary/aromatic N) is 7. The number of fused-ring (bicyclic) bond motifs is 4. The van der Waals surface area contributed by atoms with Crippen molar-refractivity contribution in [3.8, 4) is 17.2 Å². The highest BCUT2D eigenvalue weighted by Crippen LogP contribution is 2.38. The number of anilines is 1. The summed E-state index contributed by atoms with van der Waals surface area (Å²) in [5.74, 6) is -12.5. The number of nitrogens with two attached hydrogens (primary N) is 1. The summed E-state index contributed by atoms with van der Waals surface area (Å²) in [6, 6.07) is -9.58. The van der Waals surface area contributed by atoms with E-state index in [0.717, 1.165) is 9.80 Å². The van der Waals surface area contributed by atoms with Gasteiger partial charge in [-0.05, 0) is 89.5 Å². The summed E-state index contributed by atoms with van der Waals surface area (Å²) >= 11 is 0. The van der Waals surface area contributed by atoms with Gasteiger partial charge in [-0.2, -0.15) is 0 Å². The van der Waals surface area contributed by atoms with Crippen LogP contribution < -0.4 is 37.2 Å². The van der Waals surface area contributed by atoms with E-state index in [9.17, 15) is 47.9 Å². The number of nitrogens with one attached hydrogen (secondary N) is 4. The zero-order chi connectivity index (χ0) is 70.0. The summed E-state index contributed by atoms with van der Waals surface area (Å²) < 4.78 is 24.7. The lowest BCUT2D eigenvalue weighted by Gasteiger charge is -2.36. The normalized spacial score (nSPS) is 25.1. The first kappa shape index (κ1) is 77.7. The Bertz CT molecular complexity index is 3540. The van der Waals surface area contributed by atoms with Gasteiger partial charge < -0.3 is 86.0 Å². The van der Waals surface area contributed by atoms with Crippen molar-refractivity contribution < 1.29 is 87.1 Å². The zero-order valence-corrected chi connectivity index (χ0v) is 57.9. The molecule has 4 saturated heterocycles. The lowest BCUT2D eigenvalue weighted by Crippen LogP contribution is -2.61. The maximum Gasteiger partial charge on any atom is 0.329 e. The first-order valence-corrected chi connectivity index (χ1v) is 32.1. The number of benzene rings is 2. The van der Waals surface area contributed by atoms with E-state index in [2.05, 4.69) is 21.3 Å². The maximum absolute atomic E-state index is 15.4. The average Bonchev–Trinajstić information content (AvgIpc) is 0.896. The number of amides is 10. The second kappa shape index (κ2) is 31.7. The van der Waals surface area contributed by atoms with Crippen molar-refractivity contribution in [1.29, 1.82) is 0 Å². The van der Waals surface area contributed by atoms with Gasteiger partial charge in [-0.3, -0.25) is 52.7 Å². The van der Waals surface area contributed by atoms with Crippen LogP contribution in [0.25, 0.3) is 22.6 Å². The molecule has 5 heterocycles. The Morgan fingerprint density at radius 1 is 0.646 bits per heavy atom. The van der Waals surface area contributed by atoms with Gasteiger partial charge in [-0.1, -0.05) is 62.3 Å². The molecule has 530 valence electrons. The molecule has 31 heteroatoms. The van der Waals surface area contributed by atoms with Crippen molar-refractivity contribution in [3.63, 3.8) is 0 Å². The van der Waals surface area contributed by atoms with E-state index in [1.54, 1.807) is 62.3 Å². The molecule has 1 aliphatic carbocycles. The summed E-state index contributed by atoms with van der Waals surface area (Å²) in [7, 11) is 5.58. The topological polar surface area (TPSA) is 432 Å². The van der Waals surface area contributed by atoms with Crippen LogP contribution in [0.15, 0.2) is 15.3 Å². The number of esters is 2. The van der Waals surface area contributed by atoms with Crippen molar-refractivity contribution in [2.75, 3.05) is 66.7 Å². The number of hydrogen-bond acceptors (Lipinski definition) is 19. The van der Waals surface area contributed by atoms with Gasteiger partial charge >= 0.3 is 11.9 Å². The summed E-state index contributed by atoms with van der Waals surface area (Å²) in [4.78, 5) is 201. The van der Waals surface area contributed by atoms with Crippen LogP contribution >= 0.6 is 0 Å². The smallest absolute Gasteiger partial charge is 0.329 e. The van der Waals surface area contributed by atoms with Gasteiger partial charge in [-0.25, -0.2) is 14.6 Å². The highest BCUT2D eigenvalue weighted by molar-refractivity contribution is 6.11. The number of likely N-dealkylation sites (N-methyl/N-ethyl adjacent to an activating group) is 4. The van der Waals surface area contributed by atoms with Crippen molar-refractivity contribution in [3.05, 3.63) is 38.5 Å². The molecule has 0 spiro atoms. The largest absolute Gasteiger partial charge is 0.493 e. The lowest BCUT2D eigenvalue weighted by molar-refractivity contribution is -0.163. The van der Waals surface area contributed by atoms with Gasteiger partial charge in [0.25, 0.3) is 11.8 Å². The van der Waals surface area contributed by atoms with E-state index in [1.165, 1.54) is 74.6 Å². The van der Waals surface area contributed by atoms with E-state index in [1.807, 2.05) is 6.92 Å². The Labute approximate surface area is 557 Å². The first-order valence-electron chi connectivity index (χ1n) is 32.1. The first-order chi connectivity index (χ1) is 44.1. The third-order valence-corrected chi connectivity index (χ3v) is 18.1. The number of rotatable bonds is 11. The molecule has 96 heavy (non-hydrogen) atoms. The van der Waals surface area contributed by atoms with Gasteiger partial charge in [0.1, 0.15) is 77.5 Å². The second-order valence-electron chi connectivity index (χ2n) is 26.5. The molecule has 5 aliphatic heterocycles. The second-order valence-corrected chi connectivity index (χ2v) is 26.5. The van der Waals surface area contributed by atoms with Crippen LogP contribution in [0.1, 0.15) is 140 Å². The molecule has 0 aromatic heterocycles. The number of nitrogen functional groups attached to an aromatic ring is 1. The van der Waals surface area contributed by atoms with E-state index in [4.69, 9.17) is 29.3 Å². The molecule has 7 rings (SSSR count). The number of carbonyl (C=O) groups is 12. The monoisotopic (exact) mass is 1350 g/mol. The number of aromatic nitrogens is 1. The van der Waals surface area contributed by atoms with Gasteiger partial charge in [0.05, 0.1) is 36.5 Å². The van der Waals surface area contributed by atoms with E-state index >= 15 is 14.4 Å². The van der Waals surface area contributed by atoms with E-state index in [0.29, 0.717) is 19.3 Å². The van der Waals surface area contributed by atoms with Crippen molar-refractivity contribution in [2.24, 2.45) is 23.7 Å². The molecular formula is C65H96N12O19. The number of carbonyl (C=O) groups excluding carboxylic acids is 12. The van der Waals surface area contributed by atoms with Gasteiger partial charge in [0.2, 0.25) is 52.7 Å². The van der Waals surface area contributed by atoms with Crippen LogP contribution in [0.2, 0.25) is 0 Å². The van der Waals surface area contributed by atoms with Crippen LogP contribution in [-0.4, -0.2) is 238 Å². The summed E-state index contributed by atoms with van der Waals surface area (Å²) in [6.07, 6.45) is -1.25. The third-order valence-electron chi connectivity index (χ3n) is 18.1. The molecule has 6 aliphatic rings. The number of cyclic esters (lactones) is 2. The molecule has 1 aromatic carbocycles. The minimum absolute atomic E-state index is 0. The van der Waals surface area contributed by atoms with Crippen LogP contribution in [0, 0.1) is 37.5 Å². The Morgan fingerprint density at radius 2 is 1.07 bits per heavy atom. The molecule has 0 bridgehead atoms. The maximum atomic E-state index is 15.4. The molecular weight excluding hydrogens is 1250 g/mol. The van der Waals surface area contributed by atoms with E-state index < -0.39 is 191 Å². The Hall–Kier alpha value is -9.00. The average molecular weight is 1350 g/mol. The van der Waals surface area contributed by atoms with Crippen LogP contribution in [0.3, 0.4) is 0 Å². The molecule has 10 amide bonds. The lowest BCUT2D eigenvalue weighted by atomic mass is 9.98. The fourth-order valence-electron chi connectivity index (χ4n) is 12.7. The summed E-state index contributed by atoms with van der Waals surface area (Å²) in [5, 5.41) is 10.7. The Kier molecular flexibility index (Phi) is 25.7. The van der Waals surface area contributed by atoms with Crippen molar-refractivity contribution in [2.45, 2.75) is 183 Å². The van der Waals surface area contributed by atoms with Gasteiger partial charge in [-0.15, -0.1) is 0 Å². The SMILES string of the molecule is CCCOc1cc(C(=O)NC2C(=O)NC(C(C)C)C(=O)N3CCCC3C(=O)N(C)CC(=O)N(C)C(C(C)C)C(=O)OC2C)c2nc3c(C(=O)NC4C(=O)NC(C(C)C)C(=O)N5CCCC5C(=O)N(C)CC(=O)N(C)C(C(C)C)C(=O)OC4C)c(N)c(=O)c(C)c-3oc2c1C.O.O. The fourth-order valence-corrected chi connectivity index (χ4v) is 12.7. The molecule has 1 aromatic rings. The van der Waals surface area contributed by atoms with Crippen LogP contribution in [0.4, 0.5) is 5.69 Å². The Balaban J connectivity index is 0.00000833. The number of aryl methyl sites for hydroxylation is 1. The molecule has 4 fully saturated rings. The molecule has 0 radical (unpaired) electrons. The van der Waals surface area contributed by atoms with Crippen molar-refractivity contribution >= 4 is 87.8 Å². The molecule has 10 atom stereocenters. The number of ether oxygens (including phenoxy) is 3. The Morgan fingerprint density at radius 3 is 1.48 bits per heavy atom. The summed E-state index contributed by atoms with van der Waals surface area (Å²) in [5.41, 5.74) is 3.21. The number of hydrogen-bond donors (Lipinski definition) is 5. The van der Waals surface area contributed by atoms with Crippen LogP contribution in [0.5, 0.6) is 5.75 Å². The fraction of sp³-hybridized carbons (Fsp3) is 0.631. The van der Waals surface area contributed by atoms with Gasteiger partial charge in [0, 0.05) is 52.4 Å². The van der Waals surface area contributed by atoms with E-state index in [-0.39, 0.29) is 82.8 Å². The molecule has 0 saturated carbocycles.